The fraction of sp³-hybridized carbons (Fsp3) is 0.357. The highest BCUT2D eigenvalue weighted by Crippen LogP contribution is 2.27. The molecule has 0 saturated heterocycles. The zero-order chi connectivity index (χ0) is 11.7. The summed E-state index contributed by atoms with van der Waals surface area (Å²) in [5, 5.41) is 4.48. The summed E-state index contributed by atoms with van der Waals surface area (Å²) in [7, 11) is 0. The second-order valence-electron chi connectivity index (χ2n) is 4.69. The second-order valence-corrected chi connectivity index (χ2v) is 4.69. The number of benzene rings is 1. The third-order valence-corrected chi connectivity index (χ3v) is 3.48. The molecule has 2 N–H and O–H groups in total. The molecule has 1 aliphatic carbocycles. The van der Waals surface area contributed by atoms with Gasteiger partial charge >= 0.3 is 0 Å². The number of fused-ring (bicyclic) bond motifs is 1. The molecule has 1 aliphatic rings. The molecule has 0 fully saturated rings. The molecule has 0 saturated carbocycles. The largest absolute Gasteiger partial charge is 0.324 e. The highest BCUT2D eigenvalue weighted by Gasteiger charge is 2.21. The van der Waals surface area contributed by atoms with Crippen molar-refractivity contribution in [3.05, 3.63) is 53.3 Å². The normalized spacial score (nSPS) is 19.0. The predicted molar refractivity (Wildman–Crippen MR) is 67.6 cm³/mol. The van der Waals surface area contributed by atoms with Crippen LogP contribution in [0.5, 0.6) is 0 Å². The van der Waals surface area contributed by atoms with Crippen molar-refractivity contribution in [3.8, 4) is 0 Å². The molecule has 3 nitrogen and oxygen atoms in total. The van der Waals surface area contributed by atoms with Crippen LogP contribution in [-0.4, -0.2) is 9.78 Å². The lowest BCUT2D eigenvalue weighted by molar-refractivity contribution is 0.537. The standard InChI is InChI=1S/C14H17N3/c15-13-7-4-8-14-12(13)9-16-17(14)10-11-5-2-1-3-6-11/h1-3,5-6,9,13H,4,7-8,10,15H2/t13-/m1/s1. The molecule has 0 aliphatic heterocycles. The van der Waals surface area contributed by atoms with E-state index in [0.29, 0.717) is 0 Å². The van der Waals surface area contributed by atoms with E-state index in [-0.39, 0.29) is 6.04 Å². The lowest BCUT2D eigenvalue weighted by atomic mass is 9.94. The number of nitrogens with two attached hydrogens (primary N) is 1. The zero-order valence-electron chi connectivity index (χ0n) is 9.84. The summed E-state index contributed by atoms with van der Waals surface area (Å²) in [4.78, 5) is 0. The fourth-order valence-electron chi connectivity index (χ4n) is 2.55. The van der Waals surface area contributed by atoms with Crippen molar-refractivity contribution in [2.75, 3.05) is 0 Å². The Morgan fingerprint density at radius 1 is 1.29 bits per heavy atom. The number of rotatable bonds is 2. The summed E-state index contributed by atoms with van der Waals surface area (Å²) in [6.07, 6.45) is 5.32. The van der Waals surface area contributed by atoms with Gasteiger partial charge in [-0.15, -0.1) is 0 Å². The van der Waals surface area contributed by atoms with Crippen LogP contribution in [0.15, 0.2) is 36.5 Å². The molecule has 3 heteroatoms. The predicted octanol–water partition coefficient (Wildman–Crippen LogP) is 2.27. The Balaban J connectivity index is 1.90. The zero-order valence-corrected chi connectivity index (χ0v) is 9.84. The highest BCUT2D eigenvalue weighted by atomic mass is 15.3. The van der Waals surface area contributed by atoms with Gasteiger partial charge < -0.3 is 5.73 Å². The molecule has 1 heterocycles. The van der Waals surface area contributed by atoms with Crippen LogP contribution in [0.4, 0.5) is 0 Å². The van der Waals surface area contributed by atoms with Crippen LogP contribution in [0.1, 0.15) is 35.7 Å². The van der Waals surface area contributed by atoms with E-state index in [2.05, 4.69) is 34.0 Å². The van der Waals surface area contributed by atoms with Gasteiger partial charge in [-0.3, -0.25) is 4.68 Å². The maximum atomic E-state index is 6.10. The number of hydrogen-bond acceptors (Lipinski definition) is 2. The van der Waals surface area contributed by atoms with Crippen LogP contribution in [-0.2, 0) is 13.0 Å². The molecule has 0 bridgehead atoms. The molecule has 88 valence electrons. The molecule has 1 atom stereocenters. The van der Waals surface area contributed by atoms with Gasteiger partial charge in [0.05, 0.1) is 12.7 Å². The van der Waals surface area contributed by atoms with Crippen molar-refractivity contribution >= 4 is 0 Å². The van der Waals surface area contributed by atoms with Crippen LogP contribution in [0.25, 0.3) is 0 Å². The van der Waals surface area contributed by atoms with Crippen LogP contribution in [0, 0.1) is 0 Å². The molecule has 0 amide bonds. The SMILES string of the molecule is N[C@@H]1CCCc2c1cnn2Cc1ccccc1. The topological polar surface area (TPSA) is 43.8 Å². The smallest absolute Gasteiger partial charge is 0.0662 e. The molecule has 2 aromatic rings. The maximum absolute atomic E-state index is 6.10. The van der Waals surface area contributed by atoms with E-state index >= 15 is 0 Å². The van der Waals surface area contributed by atoms with E-state index in [0.717, 1.165) is 19.4 Å². The van der Waals surface area contributed by atoms with Crippen LogP contribution in [0.3, 0.4) is 0 Å². The molecule has 17 heavy (non-hydrogen) atoms. The quantitative estimate of drug-likeness (QED) is 0.855. The van der Waals surface area contributed by atoms with E-state index in [1.165, 1.54) is 23.2 Å². The summed E-state index contributed by atoms with van der Waals surface area (Å²) in [6.45, 7) is 0.850. The minimum atomic E-state index is 0.184. The van der Waals surface area contributed by atoms with Crippen LogP contribution in [0.2, 0.25) is 0 Å². The van der Waals surface area contributed by atoms with Gasteiger partial charge in [-0.2, -0.15) is 5.10 Å². The van der Waals surface area contributed by atoms with Gasteiger partial charge in [0.25, 0.3) is 0 Å². The third kappa shape index (κ3) is 1.98. The van der Waals surface area contributed by atoms with Crippen LogP contribution < -0.4 is 5.73 Å². The highest BCUT2D eigenvalue weighted by molar-refractivity contribution is 5.26. The average molecular weight is 227 g/mol. The minimum absolute atomic E-state index is 0.184. The van der Waals surface area contributed by atoms with Crippen molar-refractivity contribution in [3.63, 3.8) is 0 Å². The summed E-state index contributed by atoms with van der Waals surface area (Å²) in [5.41, 5.74) is 9.96. The van der Waals surface area contributed by atoms with Gasteiger partial charge in [0.1, 0.15) is 0 Å². The van der Waals surface area contributed by atoms with Crippen molar-refractivity contribution in [1.29, 1.82) is 0 Å². The minimum Gasteiger partial charge on any atom is -0.324 e. The fourth-order valence-corrected chi connectivity index (χ4v) is 2.55. The Hall–Kier alpha value is -1.61. The molecule has 1 aromatic carbocycles. The van der Waals surface area contributed by atoms with E-state index < -0.39 is 0 Å². The summed E-state index contributed by atoms with van der Waals surface area (Å²) in [6, 6.07) is 10.6. The van der Waals surface area contributed by atoms with E-state index in [9.17, 15) is 0 Å². The Bertz CT molecular complexity index is 501. The Kier molecular flexibility index (Phi) is 2.69. The first-order valence-corrected chi connectivity index (χ1v) is 6.18. The van der Waals surface area contributed by atoms with E-state index in [1.54, 1.807) is 0 Å². The molecule has 0 spiro atoms. The van der Waals surface area contributed by atoms with Gasteiger partial charge in [0, 0.05) is 17.3 Å². The molecule has 3 rings (SSSR count). The van der Waals surface area contributed by atoms with Gasteiger partial charge in [-0.25, -0.2) is 0 Å². The van der Waals surface area contributed by atoms with Gasteiger partial charge in [0.15, 0.2) is 0 Å². The van der Waals surface area contributed by atoms with E-state index in [1.807, 2.05) is 12.3 Å². The number of nitrogens with zero attached hydrogens (tertiary/aromatic N) is 2. The van der Waals surface area contributed by atoms with Crippen molar-refractivity contribution in [1.82, 2.24) is 9.78 Å². The molecule has 1 aromatic heterocycles. The number of hydrogen-bond donors (Lipinski definition) is 1. The van der Waals surface area contributed by atoms with Crippen molar-refractivity contribution in [2.24, 2.45) is 5.73 Å². The molecular formula is C14H17N3. The third-order valence-electron chi connectivity index (χ3n) is 3.48. The average Bonchev–Trinajstić information content (AvgIpc) is 2.76. The summed E-state index contributed by atoms with van der Waals surface area (Å²) < 4.78 is 2.10. The van der Waals surface area contributed by atoms with Crippen molar-refractivity contribution in [2.45, 2.75) is 31.8 Å². The first kappa shape index (κ1) is 10.5. The first-order chi connectivity index (χ1) is 8.34. The monoisotopic (exact) mass is 227 g/mol. The molecule has 0 radical (unpaired) electrons. The van der Waals surface area contributed by atoms with Crippen molar-refractivity contribution < 1.29 is 0 Å². The Labute approximate surface area is 101 Å². The molecular weight excluding hydrogens is 210 g/mol. The van der Waals surface area contributed by atoms with Gasteiger partial charge in [-0.1, -0.05) is 30.3 Å². The second kappa shape index (κ2) is 4.34. The summed E-state index contributed by atoms with van der Waals surface area (Å²) in [5.74, 6) is 0. The number of aromatic nitrogens is 2. The van der Waals surface area contributed by atoms with E-state index in [4.69, 9.17) is 5.73 Å². The van der Waals surface area contributed by atoms with Crippen LogP contribution >= 0.6 is 0 Å². The first-order valence-electron chi connectivity index (χ1n) is 6.18. The van der Waals surface area contributed by atoms with Gasteiger partial charge in [-0.05, 0) is 24.8 Å². The maximum Gasteiger partial charge on any atom is 0.0662 e. The lowest BCUT2D eigenvalue weighted by Crippen LogP contribution is -2.18. The molecule has 0 unspecified atom stereocenters. The lowest BCUT2D eigenvalue weighted by Gasteiger charge is -2.19. The van der Waals surface area contributed by atoms with Gasteiger partial charge in [0.2, 0.25) is 0 Å². The Morgan fingerprint density at radius 2 is 2.12 bits per heavy atom. The Morgan fingerprint density at radius 3 is 2.94 bits per heavy atom. The summed E-state index contributed by atoms with van der Waals surface area (Å²) >= 11 is 0.